The molecule has 31 heavy (non-hydrogen) atoms. The largest absolute Gasteiger partial charge is 0.496 e. The Bertz CT molecular complexity index is 656. The number of hydrogen-bond donors (Lipinski definition) is 0. The molecule has 174 valence electrons. The fourth-order valence-electron chi connectivity index (χ4n) is 4.55. The van der Waals surface area contributed by atoms with E-state index in [1.807, 2.05) is 0 Å². The van der Waals surface area contributed by atoms with Gasteiger partial charge in [0.1, 0.15) is 23.0 Å². The maximum atomic E-state index is 13.5. The molecule has 1 aliphatic carbocycles. The van der Waals surface area contributed by atoms with E-state index in [-0.39, 0.29) is 11.7 Å². The number of hydrogen-bond acceptors (Lipinski definition) is 5. The minimum atomic E-state index is -0.790. The highest BCUT2D eigenvalue weighted by Crippen LogP contribution is 2.38. The second-order valence-corrected chi connectivity index (χ2v) is 8.57. The number of carbonyl (C=O) groups excluding carboxylic acids is 2. The summed E-state index contributed by atoms with van der Waals surface area (Å²) < 4.78 is 16.4. The molecule has 0 aliphatic heterocycles. The number of methoxy groups -OCH3 is 2. The van der Waals surface area contributed by atoms with Crippen molar-refractivity contribution in [3.8, 4) is 11.5 Å². The van der Waals surface area contributed by atoms with Crippen molar-refractivity contribution in [3.05, 3.63) is 23.8 Å². The molecule has 5 nitrogen and oxygen atoms in total. The third kappa shape index (κ3) is 7.55. The third-order valence-corrected chi connectivity index (χ3v) is 6.32. The van der Waals surface area contributed by atoms with Crippen LogP contribution in [0.15, 0.2) is 18.2 Å². The molecule has 2 rings (SSSR count). The zero-order valence-electron chi connectivity index (χ0n) is 19.6. The van der Waals surface area contributed by atoms with E-state index in [4.69, 9.17) is 14.2 Å². The Morgan fingerprint density at radius 2 is 1.45 bits per heavy atom. The Hall–Kier alpha value is -2.04. The van der Waals surface area contributed by atoms with Crippen molar-refractivity contribution in [1.82, 2.24) is 0 Å². The van der Waals surface area contributed by atoms with Crippen LogP contribution in [0.4, 0.5) is 0 Å². The molecule has 0 saturated heterocycles. The average Bonchev–Trinajstić information content (AvgIpc) is 3.31. The number of esters is 1. The highest BCUT2D eigenvalue weighted by atomic mass is 16.5. The second-order valence-electron chi connectivity index (χ2n) is 8.57. The van der Waals surface area contributed by atoms with Gasteiger partial charge in [-0.3, -0.25) is 9.59 Å². The Morgan fingerprint density at radius 3 is 2.00 bits per heavy atom. The molecule has 1 aromatic rings. The number of ketones is 1. The lowest BCUT2D eigenvalue weighted by atomic mass is 9.84. The SMILES string of the molecule is CCCCCCCCCCOC(=O)C(C(=O)c1c(OC)cccc1OC)C1CCCC1. The maximum Gasteiger partial charge on any atom is 0.317 e. The van der Waals surface area contributed by atoms with Gasteiger partial charge in [0, 0.05) is 0 Å². The van der Waals surface area contributed by atoms with Crippen molar-refractivity contribution in [3.63, 3.8) is 0 Å². The van der Waals surface area contributed by atoms with Gasteiger partial charge in [0.15, 0.2) is 5.78 Å². The first-order valence-electron chi connectivity index (χ1n) is 12.1. The van der Waals surface area contributed by atoms with Gasteiger partial charge in [-0.1, -0.05) is 70.8 Å². The summed E-state index contributed by atoms with van der Waals surface area (Å²) in [6.07, 6.45) is 13.3. The molecule has 0 radical (unpaired) electrons. The lowest BCUT2D eigenvalue weighted by molar-refractivity contribution is -0.148. The molecule has 1 fully saturated rings. The van der Waals surface area contributed by atoms with E-state index in [0.717, 1.165) is 38.5 Å². The van der Waals surface area contributed by atoms with Gasteiger partial charge in [0.05, 0.1) is 20.8 Å². The standard InChI is InChI=1S/C26H40O5/c1-4-5-6-7-8-9-10-13-19-31-26(28)23(20-15-11-12-16-20)25(27)24-21(29-2)17-14-18-22(24)30-3/h14,17-18,20,23H,4-13,15-16,19H2,1-3H3. The Kier molecular flexibility index (Phi) is 11.5. The maximum absolute atomic E-state index is 13.5. The minimum absolute atomic E-state index is 0.0215. The molecule has 0 bridgehead atoms. The van der Waals surface area contributed by atoms with Crippen molar-refractivity contribution in [1.29, 1.82) is 0 Å². The fourth-order valence-corrected chi connectivity index (χ4v) is 4.55. The van der Waals surface area contributed by atoms with Crippen molar-refractivity contribution >= 4 is 11.8 Å². The van der Waals surface area contributed by atoms with Gasteiger partial charge in [0.2, 0.25) is 0 Å². The third-order valence-electron chi connectivity index (χ3n) is 6.32. The quantitative estimate of drug-likeness (QED) is 0.139. The molecule has 0 spiro atoms. The second kappa shape index (κ2) is 14.1. The van der Waals surface area contributed by atoms with Gasteiger partial charge >= 0.3 is 5.97 Å². The summed E-state index contributed by atoms with van der Waals surface area (Å²) in [4.78, 5) is 26.6. The van der Waals surface area contributed by atoms with Gasteiger partial charge in [-0.25, -0.2) is 0 Å². The van der Waals surface area contributed by atoms with E-state index in [1.165, 1.54) is 52.7 Å². The summed E-state index contributed by atoms with van der Waals surface area (Å²) in [6, 6.07) is 5.24. The predicted molar refractivity (Wildman–Crippen MR) is 123 cm³/mol. The molecule has 1 unspecified atom stereocenters. The van der Waals surface area contributed by atoms with Crippen molar-refractivity contribution in [2.24, 2.45) is 11.8 Å². The molecule has 0 aromatic heterocycles. The molecule has 1 aliphatic rings. The molecular weight excluding hydrogens is 392 g/mol. The first-order valence-corrected chi connectivity index (χ1v) is 12.1. The molecule has 5 heteroatoms. The molecule has 1 atom stereocenters. The normalized spacial score (nSPS) is 14.9. The Balaban J connectivity index is 1.97. The summed E-state index contributed by atoms with van der Waals surface area (Å²) >= 11 is 0. The summed E-state index contributed by atoms with van der Waals surface area (Å²) in [5.74, 6) is -0.545. The molecular formula is C26H40O5. The molecule has 1 saturated carbocycles. The number of benzene rings is 1. The lowest BCUT2D eigenvalue weighted by Crippen LogP contribution is -2.33. The van der Waals surface area contributed by atoms with E-state index in [2.05, 4.69) is 6.92 Å². The monoisotopic (exact) mass is 432 g/mol. The predicted octanol–water partition coefficient (Wildman–Crippen LogP) is 6.38. The fraction of sp³-hybridized carbons (Fsp3) is 0.692. The number of carbonyl (C=O) groups is 2. The number of unbranched alkanes of at least 4 members (excludes halogenated alkanes) is 7. The van der Waals surface area contributed by atoms with Crippen LogP contribution < -0.4 is 9.47 Å². The first kappa shape index (κ1) is 25.2. The zero-order valence-corrected chi connectivity index (χ0v) is 19.6. The molecule has 1 aromatic carbocycles. The summed E-state index contributed by atoms with van der Waals surface area (Å²) in [5, 5.41) is 0. The highest BCUT2D eigenvalue weighted by Gasteiger charge is 2.40. The van der Waals surface area contributed by atoms with Crippen LogP contribution in [-0.2, 0) is 9.53 Å². The van der Waals surface area contributed by atoms with Crippen molar-refractivity contribution in [2.75, 3.05) is 20.8 Å². The Labute approximate surface area is 187 Å². The van der Waals surface area contributed by atoms with Crippen LogP contribution in [0.1, 0.15) is 94.3 Å². The topological polar surface area (TPSA) is 61.8 Å². The van der Waals surface area contributed by atoms with Crippen LogP contribution in [0.3, 0.4) is 0 Å². The number of Topliss-reactive ketones (excluding diaryl/α,β-unsaturated/α-hetero) is 1. The van der Waals surface area contributed by atoms with Crippen LogP contribution in [0.5, 0.6) is 11.5 Å². The van der Waals surface area contributed by atoms with Crippen LogP contribution in [-0.4, -0.2) is 32.6 Å². The smallest absolute Gasteiger partial charge is 0.317 e. The van der Waals surface area contributed by atoms with E-state index in [9.17, 15) is 9.59 Å². The Morgan fingerprint density at radius 1 is 0.903 bits per heavy atom. The highest BCUT2D eigenvalue weighted by molar-refractivity contribution is 6.12. The number of ether oxygens (including phenoxy) is 3. The summed E-state index contributed by atoms with van der Waals surface area (Å²) in [6.45, 7) is 2.61. The average molecular weight is 433 g/mol. The van der Waals surface area contributed by atoms with Gasteiger partial charge < -0.3 is 14.2 Å². The molecule has 0 amide bonds. The summed E-state index contributed by atoms with van der Waals surface area (Å²) in [7, 11) is 3.05. The van der Waals surface area contributed by atoms with Gasteiger partial charge in [-0.15, -0.1) is 0 Å². The van der Waals surface area contributed by atoms with Crippen molar-refractivity contribution in [2.45, 2.75) is 84.0 Å². The van der Waals surface area contributed by atoms with Crippen molar-refractivity contribution < 1.29 is 23.8 Å². The van der Waals surface area contributed by atoms with E-state index in [0.29, 0.717) is 23.7 Å². The van der Waals surface area contributed by atoms with E-state index in [1.54, 1.807) is 18.2 Å². The van der Waals surface area contributed by atoms with Crippen LogP contribution in [0.2, 0.25) is 0 Å². The minimum Gasteiger partial charge on any atom is -0.496 e. The van der Waals surface area contributed by atoms with Crippen LogP contribution in [0, 0.1) is 11.8 Å². The van der Waals surface area contributed by atoms with Gasteiger partial charge in [0.25, 0.3) is 0 Å². The van der Waals surface area contributed by atoms with Gasteiger partial charge in [-0.05, 0) is 37.3 Å². The van der Waals surface area contributed by atoms with Crippen LogP contribution in [0.25, 0.3) is 0 Å². The van der Waals surface area contributed by atoms with E-state index >= 15 is 0 Å². The first-order chi connectivity index (χ1) is 15.1. The molecule has 0 heterocycles. The number of rotatable bonds is 15. The lowest BCUT2D eigenvalue weighted by Gasteiger charge is -2.22. The molecule has 0 N–H and O–H groups in total. The van der Waals surface area contributed by atoms with E-state index < -0.39 is 11.9 Å². The van der Waals surface area contributed by atoms with Gasteiger partial charge in [-0.2, -0.15) is 0 Å². The summed E-state index contributed by atoms with van der Waals surface area (Å²) in [5.41, 5.74) is 0.341. The van der Waals surface area contributed by atoms with Crippen LogP contribution >= 0.6 is 0 Å². The zero-order chi connectivity index (χ0) is 22.5.